The minimum absolute atomic E-state index is 0.344. The Morgan fingerprint density at radius 2 is 2.00 bits per heavy atom. The first-order chi connectivity index (χ1) is 9.06. The molecule has 0 aliphatic heterocycles. The molecule has 2 rings (SSSR count). The van der Waals surface area contributed by atoms with Crippen LogP contribution in [-0.2, 0) is 14.1 Å². The van der Waals surface area contributed by atoms with Gasteiger partial charge < -0.3 is 4.98 Å². The molecule has 0 spiro atoms. The first-order valence-corrected chi connectivity index (χ1v) is 9.33. The smallest absolute Gasteiger partial charge is 0.326 e. The van der Waals surface area contributed by atoms with Crippen LogP contribution in [0.1, 0.15) is 13.3 Å². The van der Waals surface area contributed by atoms with Gasteiger partial charge in [-0.2, -0.15) is 0 Å². The highest BCUT2D eigenvalue weighted by atomic mass is 33.5. The lowest BCUT2D eigenvalue weighted by molar-refractivity contribution is 0.708. The second-order valence-corrected chi connectivity index (χ2v) is 8.09. The molecule has 0 aromatic carbocycles. The fraction of sp³-hybridized carbons (Fsp3) is 0.500. The Balaban J connectivity index is 2.36. The van der Waals surface area contributed by atoms with Crippen LogP contribution in [0.2, 0.25) is 0 Å². The lowest BCUT2D eigenvalue weighted by Crippen LogP contribution is -2.36. The molecule has 9 heteroatoms. The highest BCUT2D eigenvalue weighted by Crippen LogP contribution is 2.39. The molecule has 0 aliphatic carbocycles. The molecule has 0 fully saturated rings. The zero-order valence-corrected chi connectivity index (χ0v) is 13.2. The predicted molar refractivity (Wildman–Crippen MR) is 82.8 cm³/mol. The molecular formula is C10H14N4O2S3. The highest BCUT2D eigenvalue weighted by molar-refractivity contribution is 9.09. The number of aromatic amines is 1. The summed E-state index contributed by atoms with van der Waals surface area (Å²) in [6.45, 7) is 2.12. The molecule has 104 valence electrons. The van der Waals surface area contributed by atoms with Gasteiger partial charge in [-0.15, -0.1) is 0 Å². The van der Waals surface area contributed by atoms with Crippen LogP contribution in [0.4, 0.5) is 0 Å². The molecule has 0 radical (unpaired) electrons. The van der Waals surface area contributed by atoms with Crippen molar-refractivity contribution in [2.75, 3.05) is 5.75 Å². The van der Waals surface area contributed by atoms with Gasteiger partial charge in [0.15, 0.2) is 16.3 Å². The van der Waals surface area contributed by atoms with Crippen LogP contribution >= 0.6 is 31.4 Å². The van der Waals surface area contributed by atoms with Crippen molar-refractivity contribution in [2.24, 2.45) is 14.1 Å². The van der Waals surface area contributed by atoms with Crippen LogP contribution < -0.4 is 11.2 Å². The lowest BCUT2D eigenvalue weighted by atomic mass is 10.5. The molecule has 0 bridgehead atoms. The fourth-order valence-corrected chi connectivity index (χ4v) is 5.04. The number of hydrogen-bond acceptors (Lipinski definition) is 6. The Bertz CT molecular complexity index is 703. The Kier molecular flexibility index (Phi) is 4.69. The Morgan fingerprint density at radius 1 is 1.26 bits per heavy atom. The van der Waals surface area contributed by atoms with Crippen molar-refractivity contribution >= 4 is 42.6 Å². The van der Waals surface area contributed by atoms with Gasteiger partial charge in [-0.1, -0.05) is 17.7 Å². The summed E-state index contributed by atoms with van der Waals surface area (Å²) >= 11 is 0. The van der Waals surface area contributed by atoms with Crippen LogP contribution in [0, 0.1) is 0 Å². The lowest BCUT2D eigenvalue weighted by Gasteiger charge is -2.00. The number of aryl methyl sites for hydroxylation is 1. The van der Waals surface area contributed by atoms with Crippen molar-refractivity contribution in [1.82, 2.24) is 19.1 Å². The SMILES string of the molecule is CCCSSSc1nc2c([nH]1)c(=O)n(C)c(=O)n2C. The first kappa shape index (κ1) is 14.6. The summed E-state index contributed by atoms with van der Waals surface area (Å²) in [7, 11) is 7.89. The largest absolute Gasteiger partial charge is 0.332 e. The number of nitrogens with one attached hydrogen (secondary N) is 1. The van der Waals surface area contributed by atoms with Gasteiger partial charge in [-0.25, -0.2) is 9.78 Å². The predicted octanol–water partition coefficient (Wildman–Crippen LogP) is 1.76. The maximum Gasteiger partial charge on any atom is 0.332 e. The average molecular weight is 318 g/mol. The fourth-order valence-electron chi connectivity index (χ4n) is 1.52. The van der Waals surface area contributed by atoms with Gasteiger partial charge in [-0.05, 0) is 27.0 Å². The van der Waals surface area contributed by atoms with Crippen LogP contribution in [0.25, 0.3) is 11.2 Å². The highest BCUT2D eigenvalue weighted by Gasteiger charge is 2.13. The summed E-state index contributed by atoms with van der Waals surface area (Å²) in [4.78, 5) is 31.0. The maximum absolute atomic E-state index is 11.9. The van der Waals surface area contributed by atoms with Crippen molar-refractivity contribution in [3.8, 4) is 0 Å². The van der Waals surface area contributed by atoms with Crippen LogP contribution in [0.5, 0.6) is 0 Å². The molecule has 19 heavy (non-hydrogen) atoms. The molecule has 0 aliphatic rings. The van der Waals surface area contributed by atoms with Crippen molar-refractivity contribution in [1.29, 1.82) is 0 Å². The average Bonchev–Trinajstić information content (AvgIpc) is 2.83. The van der Waals surface area contributed by atoms with Gasteiger partial charge in [0.25, 0.3) is 5.56 Å². The van der Waals surface area contributed by atoms with E-state index in [0.29, 0.717) is 16.3 Å². The third-order valence-corrected chi connectivity index (χ3v) is 6.56. The Morgan fingerprint density at radius 3 is 2.68 bits per heavy atom. The number of fused-ring (bicyclic) bond motifs is 1. The topological polar surface area (TPSA) is 72.7 Å². The van der Waals surface area contributed by atoms with Gasteiger partial charge in [-0.3, -0.25) is 13.9 Å². The molecule has 0 saturated carbocycles. The van der Waals surface area contributed by atoms with Crippen molar-refractivity contribution in [2.45, 2.75) is 18.5 Å². The summed E-state index contributed by atoms with van der Waals surface area (Å²) in [5, 5.41) is 0.641. The molecule has 0 amide bonds. The molecule has 6 nitrogen and oxygen atoms in total. The van der Waals surface area contributed by atoms with Gasteiger partial charge in [0.05, 0.1) is 0 Å². The summed E-state index contributed by atoms with van der Waals surface area (Å²) in [5.41, 5.74) is 0.0575. The number of imidazole rings is 1. The van der Waals surface area contributed by atoms with E-state index < -0.39 is 0 Å². The van der Waals surface area contributed by atoms with Gasteiger partial charge in [0.1, 0.15) is 0 Å². The maximum atomic E-state index is 11.9. The molecule has 0 unspecified atom stereocenters. The number of rotatable bonds is 5. The van der Waals surface area contributed by atoms with E-state index in [1.165, 1.54) is 22.4 Å². The quantitative estimate of drug-likeness (QED) is 0.669. The molecule has 0 atom stereocenters. The molecule has 0 saturated heterocycles. The molecular weight excluding hydrogens is 304 g/mol. The summed E-state index contributed by atoms with van der Waals surface area (Å²) in [5.74, 6) is 1.07. The minimum Gasteiger partial charge on any atom is -0.326 e. The van der Waals surface area contributed by atoms with Crippen molar-refractivity contribution in [3.63, 3.8) is 0 Å². The van der Waals surface area contributed by atoms with E-state index in [1.54, 1.807) is 27.7 Å². The Hall–Kier alpha value is -0.800. The van der Waals surface area contributed by atoms with E-state index in [4.69, 9.17) is 0 Å². The zero-order valence-electron chi connectivity index (χ0n) is 10.8. The third kappa shape index (κ3) is 2.87. The summed E-state index contributed by atoms with van der Waals surface area (Å²) in [6, 6.07) is 0. The first-order valence-electron chi connectivity index (χ1n) is 5.68. The number of H-pyrrole nitrogens is 1. The number of hydrogen-bond donors (Lipinski definition) is 1. The van der Waals surface area contributed by atoms with E-state index in [1.807, 2.05) is 0 Å². The normalized spacial score (nSPS) is 11.3. The molecule has 2 aromatic rings. The minimum atomic E-state index is -0.367. The van der Waals surface area contributed by atoms with Crippen molar-refractivity contribution in [3.05, 3.63) is 20.8 Å². The van der Waals surface area contributed by atoms with Crippen LogP contribution in [0.15, 0.2) is 14.7 Å². The number of nitrogens with zero attached hydrogens (tertiary/aromatic N) is 3. The van der Waals surface area contributed by atoms with Gasteiger partial charge in [0.2, 0.25) is 0 Å². The zero-order chi connectivity index (χ0) is 14.0. The molecule has 2 aromatic heterocycles. The second-order valence-electron chi connectivity index (χ2n) is 3.92. The molecule has 2 heterocycles. The van der Waals surface area contributed by atoms with E-state index in [2.05, 4.69) is 16.9 Å². The van der Waals surface area contributed by atoms with Gasteiger partial charge in [0, 0.05) is 19.8 Å². The van der Waals surface area contributed by atoms with E-state index in [0.717, 1.165) is 16.7 Å². The molecule has 1 N–H and O–H groups in total. The summed E-state index contributed by atoms with van der Waals surface area (Å²) in [6.07, 6.45) is 1.12. The van der Waals surface area contributed by atoms with E-state index in [9.17, 15) is 9.59 Å². The van der Waals surface area contributed by atoms with Crippen molar-refractivity contribution < 1.29 is 0 Å². The standard InChI is InChI=1S/C10H14N4O2S3/c1-4-5-17-19-18-9-11-6-7(12-9)13(2)10(16)14(3)8(6)15/h4-5H2,1-3H3,(H,11,12). The van der Waals surface area contributed by atoms with Crippen LogP contribution in [-0.4, -0.2) is 24.9 Å². The van der Waals surface area contributed by atoms with E-state index >= 15 is 0 Å². The van der Waals surface area contributed by atoms with Gasteiger partial charge >= 0.3 is 5.69 Å². The summed E-state index contributed by atoms with van der Waals surface area (Å²) < 4.78 is 2.45. The van der Waals surface area contributed by atoms with Crippen LogP contribution in [0.3, 0.4) is 0 Å². The second kappa shape index (κ2) is 6.10. The van der Waals surface area contributed by atoms with E-state index in [-0.39, 0.29) is 11.2 Å². The monoisotopic (exact) mass is 318 g/mol. The Labute approximate surface area is 121 Å². The number of aromatic nitrogens is 4. The third-order valence-electron chi connectivity index (χ3n) is 2.52.